The van der Waals surface area contributed by atoms with Gasteiger partial charge in [-0.25, -0.2) is 0 Å². The number of nitrogens with one attached hydrogen (secondary N) is 2. The van der Waals surface area contributed by atoms with Crippen LogP contribution in [0, 0.1) is 5.92 Å². The van der Waals surface area contributed by atoms with Gasteiger partial charge in [-0.05, 0) is 51.9 Å². The minimum absolute atomic E-state index is 0.464. The third-order valence-corrected chi connectivity index (χ3v) is 2.73. The summed E-state index contributed by atoms with van der Waals surface area (Å²) >= 11 is 0. The Bertz CT molecular complexity index is 234. The highest BCUT2D eigenvalue weighted by Gasteiger charge is 1.91. The van der Waals surface area contributed by atoms with Gasteiger partial charge in [0.15, 0.2) is 0 Å². The summed E-state index contributed by atoms with van der Waals surface area (Å²) in [5, 5.41) is 6.85. The van der Waals surface area contributed by atoms with Crippen LogP contribution in [0.1, 0.15) is 33.6 Å². The summed E-state index contributed by atoms with van der Waals surface area (Å²) in [4.78, 5) is 0. The summed E-state index contributed by atoms with van der Waals surface area (Å²) in [7, 11) is 0. The van der Waals surface area contributed by atoms with Crippen LogP contribution in [0.2, 0.25) is 0 Å². The lowest BCUT2D eigenvalue weighted by Crippen LogP contribution is -2.23. The first-order valence-corrected chi connectivity index (χ1v) is 7.16. The van der Waals surface area contributed by atoms with Crippen molar-refractivity contribution in [2.24, 2.45) is 11.7 Å². The molecule has 0 spiro atoms. The van der Waals surface area contributed by atoms with E-state index < -0.39 is 0 Å². The molecule has 0 aromatic rings. The minimum atomic E-state index is 0.464. The number of hydrogen-bond acceptors (Lipinski definition) is 3. The monoisotopic (exact) mass is 253 g/mol. The van der Waals surface area contributed by atoms with Crippen molar-refractivity contribution in [3.05, 3.63) is 23.8 Å². The highest BCUT2D eigenvalue weighted by Crippen LogP contribution is 1.96. The maximum atomic E-state index is 5.55. The standard InChI is InChI=1S/C15H31N3/c1-4-9-17-10-6-11-18-13-15(3)8-5-7-14(2)12-16/h5,7-8,14,17-18H,4,6,9-13,16H2,1-3H3/b7-5-,15-8+. The predicted octanol–water partition coefficient (Wildman–Crippen LogP) is 2.06. The van der Waals surface area contributed by atoms with Crippen molar-refractivity contribution in [1.29, 1.82) is 0 Å². The molecule has 1 unspecified atom stereocenters. The van der Waals surface area contributed by atoms with Gasteiger partial charge in [0.1, 0.15) is 0 Å². The maximum absolute atomic E-state index is 5.55. The molecule has 0 saturated carbocycles. The maximum Gasteiger partial charge on any atom is 0.0164 e. The first-order chi connectivity index (χ1) is 8.70. The van der Waals surface area contributed by atoms with Crippen molar-refractivity contribution in [2.75, 3.05) is 32.7 Å². The van der Waals surface area contributed by atoms with E-state index in [4.69, 9.17) is 5.73 Å². The Balaban J connectivity index is 3.49. The molecule has 18 heavy (non-hydrogen) atoms. The Morgan fingerprint density at radius 3 is 2.61 bits per heavy atom. The van der Waals surface area contributed by atoms with Crippen LogP contribution in [-0.4, -0.2) is 32.7 Å². The zero-order valence-electron chi connectivity index (χ0n) is 12.3. The van der Waals surface area contributed by atoms with E-state index in [-0.39, 0.29) is 0 Å². The third kappa shape index (κ3) is 11.8. The summed E-state index contributed by atoms with van der Waals surface area (Å²) in [6.45, 7) is 11.5. The van der Waals surface area contributed by atoms with Crippen molar-refractivity contribution < 1.29 is 0 Å². The zero-order chi connectivity index (χ0) is 13.6. The summed E-state index contributed by atoms with van der Waals surface area (Å²) in [5.41, 5.74) is 6.91. The Labute approximate surface area is 113 Å². The van der Waals surface area contributed by atoms with Crippen LogP contribution in [0.5, 0.6) is 0 Å². The highest BCUT2D eigenvalue weighted by atomic mass is 14.9. The van der Waals surface area contributed by atoms with Gasteiger partial charge in [0, 0.05) is 6.54 Å². The molecule has 0 fully saturated rings. The molecule has 0 rings (SSSR count). The lowest BCUT2D eigenvalue weighted by Gasteiger charge is -2.05. The van der Waals surface area contributed by atoms with Gasteiger partial charge < -0.3 is 16.4 Å². The topological polar surface area (TPSA) is 50.1 Å². The molecule has 106 valence electrons. The Kier molecular flexibility index (Phi) is 12.4. The lowest BCUT2D eigenvalue weighted by atomic mass is 10.1. The Morgan fingerprint density at radius 1 is 1.22 bits per heavy atom. The van der Waals surface area contributed by atoms with Crippen LogP contribution in [0.15, 0.2) is 23.8 Å². The summed E-state index contributed by atoms with van der Waals surface area (Å²) in [5.74, 6) is 0.464. The van der Waals surface area contributed by atoms with Gasteiger partial charge in [0.25, 0.3) is 0 Å². The van der Waals surface area contributed by atoms with Gasteiger partial charge in [-0.15, -0.1) is 0 Å². The van der Waals surface area contributed by atoms with E-state index in [1.807, 2.05) is 0 Å². The van der Waals surface area contributed by atoms with E-state index in [0.29, 0.717) is 12.5 Å². The fourth-order valence-corrected chi connectivity index (χ4v) is 1.47. The molecule has 0 aromatic carbocycles. The van der Waals surface area contributed by atoms with E-state index in [2.05, 4.69) is 49.6 Å². The van der Waals surface area contributed by atoms with Crippen LogP contribution in [-0.2, 0) is 0 Å². The summed E-state index contributed by atoms with van der Waals surface area (Å²) < 4.78 is 0. The zero-order valence-corrected chi connectivity index (χ0v) is 12.3. The molecular weight excluding hydrogens is 222 g/mol. The number of rotatable bonds is 11. The third-order valence-electron chi connectivity index (χ3n) is 2.73. The quantitative estimate of drug-likeness (QED) is 0.390. The highest BCUT2D eigenvalue weighted by molar-refractivity contribution is 5.12. The van der Waals surface area contributed by atoms with Gasteiger partial charge in [-0.1, -0.05) is 37.6 Å². The summed E-state index contributed by atoms with van der Waals surface area (Å²) in [6, 6.07) is 0. The molecule has 0 amide bonds. The second kappa shape index (κ2) is 12.8. The molecular formula is C15H31N3. The molecule has 0 aliphatic carbocycles. The molecule has 0 saturated heterocycles. The van der Waals surface area contributed by atoms with Crippen molar-refractivity contribution in [2.45, 2.75) is 33.6 Å². The van der Waals surface area contributed by atoms with Crippen LogP contribution in [0.25, 0.3) is 0 Å². The van der Waals surface area contributed by atoms with E-state index >= 15 is 0 Å². The molecule has 4 N–H and O–H groups in total. The fraction of sp³-hybridized carbons (Fsp3) is 0.733. The average molecular weight is 253 g/mol. The predicted molar refractivity (Wildman–Crippen MR) is 81.8 cm³/mol. The van der Waals surface area contributed by atoms with Crippen molar-refractivity contribution in [1.82, 2.24) is 10.6 Å². The summed E-state index contributed by atoms with van der Waals surface area (Å²) in [6.07, 6.45) is 8.82. The fourth-order valence-electron chi connectivity index (χ4n) is 1.47. The van der Waals surface area contributed by atoms with Gasteiger partial charge in [-0.3, -0.25) is 0 Å². The molecule has 0 aliphatic rings. The van der Waals surface area contributed by atoms with E-state index in [9.17, 15) is 0 Å². The molecule has 0 heterocycles. The van der Waals surface area contributed by atoms with Gasteiger partial charge >= 0.3 is 0 Å². The second-order valence-electron chi connectivity index (χ2n) is 4.89. The van der Waals surface area contributed by atoms with Gasteiger partial charge in [0.2, 0.25) is 0 Å². The Hall–Kier alpha value is -0.640. The van der Waals surface area contributed by atoms with Crippen LogP contribution < -0.4 is 16.4 Å². The number of allylic oxidation sites excluding steroid dienone is 2. The van der Waals surface area contributed by atoms with E-state index in [1.165, 1.54) is 18.4 Å². The number of nitrogens with two attached hydrogens (primary N) is 1. The molecule has 0 aliphatic heterocycles. The van der Waals surface area contributed by atoms with E-state index in [0.717, 1.165) is 26.2 Å². The SMILES string of the molecule is CCCNCCCNC/C(C)=C/C=C\C(C)CN. The largest absolute Gasteiger partial charge is 0.330 e. The van der Waals surface area contributed by atoms with Crippen molar-refractivity contribution in [3.63, 3.8) is 0 Å². The van der Waals surface area contributed by atoms with Gasteiger partial charge in [-0.2, -0.15) is 0 Å². The molecule has 0 radical (unpaired) electrons. The number of hydrogen-bond donors (Lipinski definition) is 3. The smallest absolute Gasteiger partial charge is 0.0164 e. The molecule has 3 nitrogen and oxygen atoms in total. The lowest BCUT2D eigenvalue weighted by molar-refractivity contribution is 0.605. The van der Waals surface area contributed by atoms with Crippen LogP contribution >= 0.6 is 0 Å². The van der Waals surface area contributed by atoms with Crippen molar-refractivity contribution >= 4 is 0 Å². The van der Waals surface area contributed by atoms with Crippen molar-refractivity contribution in [3.8, 4) is 0 Å². The normalized spacial score (nSPS) is 14.3. The first kappa shape index (κ1) is 17.4. The average Bonchev–Trinajstić information content (AvgIpc) is 2.37. The molecule has 0 aromatic heterocycles. The molecule has 1 atom stereocenters. The van der Waals surface area contributed by atoms with E-state index in [1.54, 1.807) is 0 Å². The molecule has 0 bridgehead atoms. The molecule has 3 heteroatoms. The van der Waals surface area contributed by atoms with Gasteiger partial charge in [0.05, 0.1) is 0 Å². The minimum Gasteiger partial charge on any atom is -0.330 e. The Morgan fingerprint density at radius 2 is 1.94 bits per heavy atom. The second-order valence-corrected chi connectivity index (χ2v) is 4.89. The van der Waals surface area contributed by atoms with Crippen LogP contribution in [0.4, 0.5) is 0 Å². The first-order valence-electron chi connectivity index (χ1n) is 7.16. The van der Waals surface area contributed by atoms with Crippen LogP contribution in [0.3, 0.4) is 0 Å².